The van der Waals surface area contributed by atoms with E-state index in [-0.39, 0.29) is 65.8 Å². The van der Waals surface area contributed by atoms with E-state index >= 15 is 4.39 Å². The van der Waals surface area contributed by atoms with E-state index in [1.165, 1.54) is 23.1 Å². The minimum atomic E-state index is -0.735. The van der Waals surface area contributed by atoms with Crippen LogP contribution >= 0.6 is 22.9 Å². The molecule has 0 radical (unpaired) electrons. The molecule has 6 heterocycles. The standard InChI is InChI=1S/C33H34ClF2N7O2S.C3H4FN3/c1-3-41(15-24-18(2)14-42(24)17-44)31-20-12-22(34)26(19-6-7-23(35)29-25(19)21(13-37)30(38)46-29)27(36)28(20)39-32(40-31)45-16-33-8-4-10-43(33)11-5-9-33;1-7-2-5-3(4)6-7/h6-7,12,17-18,24H,3-5,8-11,14-16,38H2,1-2H3;2H,1H3. The van der Waals surface area contributed by atoms with E-state index in [1.54, 1.807) is 18.0 Å². The van der Waals surface area contributed by atoms with Gasteiger partial charge in [0.05, 0.1) is 26.9 Å². The summed E-state index contributed by atoms with van der Waals surface area (Å²) in [6.45, 7) is 8.21. The summed E-state index contributed by atoms with van der Waals surface area (Å²) >= 11 is 7.79. The molecule has 3 saturated heterocycles. The molecule has 8 rings (SSSR count). The Morgan fingerprint density at radius 2 is 1.98 bits per heavy atom. The van der Waals surface area contributed by atoms with Crippen molar-refractivity contribution in [3.8, 4) is 23.2 Å². The average molecular weight is 767 g/mol. The smallest absolute Gasteiger partial charge is 0.327 e. The molecule has 1 amide bonds. The number of ether oxygens (including phenoxy) is 1. The van der Waals surface area contributed by atoms with Crippen molar-refractivity contribution in [1.82, 2.24) is 34.5 Å². The fourth-order valence-electron chi connectivity index (χ4n) is 7.97. The summed E-state index contributed by atoms with van der Waals surface area (Å²) < 4.78 is 51.3. The predicted molar refractivity (Wildman–Crippen MR) is 197 cm³/mol. The number of hydrogen-bond acceptors (Lipinski definition) is 11. The molecule has 2 N–H and O–H groups in total. The summed E-state index contributed by atoms with van der Waals surface area (Å²) in [6, 6.07) is 6.32. The minimum Gasteiger partial charge on any atom is -0.461 e. The number of nitrogen functional groups attached to an aromatic ring is 1. The number of halogens is 4. The van der Waals surface area contributed by atoms with Gasteiger partial charge in [0.2, 0.25) is 6.41 Å². The number of aromatic nitrogens is 5. The molecule has 53 heavy (non-hydrogen) atoms. The second-order valence-corrected chi connectivity index (χ2v) is 15.3. The van der Waals surface area contributed by atoms with Crippen molar-refractivity contribution in [3.05, 3.63) is 52.8 Å². The Hall–Kier alpha value is -4.72. The van der Waals surface area contributed by atoms with Crippen LogP contribution in [0.1, 0.15) is 45.1 Å². The van der Waals surface area contributed by atoms with Gasteiger partial charge in [-0.1, -0.05) is 24.6 Å². The number of carbonyl (C=O) groups is 1. The van der Waals surface area contributed by atoms with Crippen LogP contribution in [0.15, 0.2) is 24.5 Å². The van der Waals surface area contributed by atoms with Crippen molar-refractivity contribution >= 4 is 61.2 Å². The number of nitrogens with two attached hydrogens (primary N) is 1. The summed E-state index contributed by atoms with van der Waals surface area (Å²) in [4.78, 5) is 30.6. The van der Waals surface area contributed by atoms with Gasteiger partial charge in [-0.15, -0.1) is 16.4 Å². The number of anilines is 2. The quantitative estimate of drug-likeness (QED) is 0.173. The number of carbonyl (C=O) groups excluding carboxylic acids is 1. The third kappa shape index (κ3) is 6.59. The van der Waals surface area contributed by atoms with Crippen LogP contribution in [0, 0.1) is 35.0 Å². The Morgan fingerprint density at radius 1 is 1.23 bits per heavy atom. The van der Waals surface area contributed by atoms with Gasteiger partial charge in [-0.25, -0.2) is 8.78 Å². The van der Waals surface area contributed by atoms with Crippen molar-refractivity contribution in [1.29, 1.82) is 5.26 Å². The van der Waals surface area contributed by atoms with Crippen LogP contribution in [0.2, 0.25) is 5.02 Å². The molecule has 2 atom stereocenters. The summed E-state index contributed by atoms with van der Waals surface area (Å²) in [5.74, 6) is -0.552. The van der Waals surface area contributed by atoms with Gasteiger partial charge >= 0.3 is 12.1 Å². The first-order chi connectivity index (χ1) is 25.5. The molecule has 5 aromatic rings. The van der Waals surface area contributed by atoms with Crippen LogP contribution in [0.3, 0.4) is 0 Å². The molecule has 0 saturated carbocycles. The number of likely N-dealkylation sites (N-methyl/N-ethyl adjacent to an activating group) is 1. The number of nitrogens with zero attached hydrogens (tertiary/aromatic N) is 9. The molecular weight excluding hydrogens is 729 g/mol. The molecule has 278 valence electrons. The zero-order valence-corrected chi connectivity index (χ0v) is 31.0. The zero-order valence-electron chi connectivity index (χ0n) is 29.5. The molecule has 0 bridgehead atoms. The maximum absolute atomic E-state index is 17.0. The molecule has 2 unspecified atom stereocenters. The highest BCUT2D eigenvalue weighted by atomic mass is 35.5. The van der Waals surface area contributed by atoms with Crippen molar-refractivity contribution in [2.24, 2.45) is 13.0 Å². The third-order valence-corrected chi connectivity index (χ3v) is 12.0. The number of nitriles is 1. The molecule has 3 aromatic heterocycles. The second-order valence-electron chi connectivity index (χ2n) is 13.8. The summed E-state index contributed by atoms with van der Waals surface area (Å²) in [5.41, 5.74) is 6.30. The van der Waals surface area contributed by atoms with Crippen LogP contribution in [0.4, 0.5) is 24.0 Å². The van der Waals surface area contributed by atoms with Gasteiger partial charge in [0, 0.05) is 43.0 Å². The number of rotatable bonds is 9. The Labute approximate surface area is 312 Å². The van der Waals surface area contributed by atoms with Gasteiger partial charge in [0.25, 0.3) is 0 Å². The first kappa shape index (κ1) is 36.6. The van der Waals surface area contributed by atoms with E-state index in [2.05, 4.69) is 26.9 Å². The van der Waals surface area contributed by atoms with Crippen LogP contribution in [-0.2, 0) is 11.8 Å². The van der Waals surface area contributed by atoms with Crippen LogP contribution < -0.4 is 15.4 Å². The van der Waals surface area contributed by atoms with Gasteiger partial charge in [-0.05, 0) is 69.3 Å². The maximum atomic E-state index is 17.0. The zero-order chi connectivity index (χ0) is 37.6. The molecular formula is C36H38ClF3N10O2S. The van der Waals surface area contributed by atoms with E-state index in [0.717, 1.165) is 56.5 Å². The lowest BCUT2D eigenvalue weighted by Gasteiger charge is -2.46. The maximum Gasteiger partial charge on any atom is 0.327 e. The summed E-state index contributed by atoms with van der Waals surface area (Å²) in [6.07, 6.45) is 5.73. The number of likely N-dealkylation sites (tertiary alicyclic amines) is 1. The van der Waals surface area contributed by atoms with Gasteiger partial charge in [-0.2, -0.15) is 24.6 Å². The lowest BCUT2D eigenvalue weighted by molar-refractivity contribution is -0.128. The van der Waals surface area contributed by atoms with Crippen molar-refractivity contribution in [2.45, 2.75) is 51.1 Å². The topological polar surface area (TPSA) is 142 Å². The Kier molecular flexibility index (Phi) is 10.1. The number of fused-ring (bicyclic) bond motifs is 3. The third-order valence-electron chi connectivity index (χ3n) is 10.7. The highest BCUT2D eigenvalue weighted by Crippen LogP contribution is 2.46. The molecule has 2 aromatic carbocycles. The number of amides is 1. The first-order valence-electron chi connectivity index (χ1n) is 17.4. The van der Waals surface area contributed by atoms with E-state index in [9.17, 15) is 18.8 Å². The van der Waals surface area contributed by atoms with Gasteiger partial charge in [0.1, 0.15) is 41.2 Å². The van der Waals surface area contributed by atoms with E-state index in [1.807, 2.05) is 17.9 Å². The molecule has 12 nitrogen and oxygen atoms in total. The highest BCUT2D eigenvalue weighted by molar-refractivity contribution is 7.23. The summed E-state index contributed by atoms with van der Waals surface area (Å²) in [5, 5.41) is 13.9. The first-order valence-corrected chi connectivity index (χ1v) is 18.6. The molecule has 3 fully saturated rings. The fraction of sp³-hybridized carbons (Fsp3) is 0.444. The van der Waals surface area contributed by atoms with Crippen LogP contribution in [0.5, 0.6) is 6.01 Å². The van der Waals surface area contributed by atoms with Gasteiger partial charge in [-0.3, -0.25) is 14.4 Å². The normalized spacial score (nSPS) is 19.1. The Bertz CT molecular complexity index is 2220. The number of aryl methyl sites for hydroxylation is 1. The van der Waals surface area contributed by atoms with Crippen LogP contribution in [0.25, 0.3) is 32.1 Å². The molecule has 3 aliphatic heterocycles. The second kappa shape index (κ2) is 14.6. The van der Waals surface area contributed by atoms with E-state index in [0.29, 0.717) is 37.4 Å². The largest absolute Gasteiger partial charge is 0.461 e. The predicted octanol–water partition coefficient (Wildman–Crippen LogP) is 6.16. The highest BCUT2D eigenvalue weighted by Gasteiger charge is 2.45. The molecule has 17 heteroatoms. The van der Waals surface area contributed by atoms with Crippen LogP contribution in [-0.4, -0.2) is 91.9 Å². The van der Waals surface area contributed by atoms with Gasteiger partial charge < -0.3 is 20.3 Å². The molecule has 3 aliphatic rings. The fourth-order valence-corrected chi connectivity index (χ4v) is 9.21. The van der Waals surface area contributed by atoms with Crippen molar-refractivity contribution in [2.75, 3.05) is 50.0 Å². The monoisotopic (exact) mass is 766 g/mol. The van der Waals surface area contributed by atoms with Crippen molar-refractivity contribution in [3.63, 3.8) is 0 Å². The summed E-state index contributed by atoms with van der Waals surface area (Å²) in [7, 11) is 1.61. The number of benzene rings is 2. The van der Waals surface area contributed by atoms with E-state index in [4.69, 9.17) is 27.1 Å². The number of thiophene rings is 1. The molecule has 0 aliphatic carbocycles. The van der Waals surface area contributed by atoms with E-state index < -0.39 is 17.7 Å². The lowest BCUT2D eigenvalue weighted by atomic mass is 9.90. The average Bonchev–Trinajstić information content (AvgIpc) is 3.91. The minimum absolute atomic E-state index is 0.00173. The Balaban J connectivity index is 0.000000559. The number of hydrogen-bond donors (Lipinski definition) is 1. The van der Waals surface area contributed by atoms with Gasteiger partial charge in [0.15, 0.2) is 5.82 Å². The Morgan fingerprint density at radius 3 is 2.58 bits per heavy atom. The lowest BCUT2D eigenvalue weighted by Crippen LogP contribution is -2.59. The SMILES string of the molecule is CCN(CC1C(C)CN1C=O)c1nc(OCC23CCCN2CCC3)nc2c(F)c(-c3ccc(F)c4sc(N)c(C#N)c34)c(Cl)cc12.Cn1cnc(F)n1. The molecule has 0 spiro atoms. The van der Waals surface area contributed by atoms with Crippen molar-refractivity contribution < 1.29 is 22.7 Å².